The van der Waals surface area contributed by atoms with E-state index >= 15 is 0 Å². The van der Waals surface area contributed by atoms with Gasteiger partial charge in [-0.1, -0.05) is 60.7 Å². The molecule has 5 aromatic rings. The number of unbranched alkanes of at least 4 members (excludes halogenated alkanes) is 1. The SMILES string of the molecule is OCCCCOc1ccc(-c2cn3c(O)c(Cc4ccccc4)nc3c(Cc3ccccc3)n2)cc1. The van der Waals surface area contributed by atoms with Crippen molar-refractivity contribution in [3.05, 3.63) is 114 Å². The van der Waals surface area contributed by atoms with Gasteiger partial charge in [0.25, 0.3) is 0 Å². The number of nitrogens with zero attached hydrogens (tertiary/aromatic N) is 3. The van der Waals surface area contributed by atoms with Crippen LogP contribution >= 0.6 is 0 Å². The number of aromatic nitrogens is 3. The lowest BCUT2D eigenvalue weighted by Gasteiger charge is -2.10. The van der Waals surface area contributed by atoms with Gasteiger partial charge in [-0.15, -0.1) is 0 Å². The molecule has 0 fully saturated rings. The molecule has 5 rings (SSSR count). The number of ether oxygens (including phenoxy) is 1. The van der Waals surface area contributed by atoms with Gasteiger partial charge in [0.2, 0.25) is 5.88 Å². The van der Waals surface area contributed by atoms with Crippen LogP contribution in [0.3, 0.4) is 0 Å². The number of hydrogen-bond donors (Lipinski definition) is 2. The lowest BCUT2D eigenvalue weighted by atomic mass is 10.1. The summed E-state index contributed by atoms with van der Waals surface area (Å²) < 4.78 is 7.51. The first-order chi connectivity index (χ1) is 17.7. The van der Waals surface area contributed by atoms with E-state index < -0.39 is 0 Å². The standard InChI is InChI=1S/C30H29N3O3/c34-17-7-8-18-36-25-15-13-24(14-16-25)28-21-33-29(26(31-28)19-22-9-3-1-4-10-22)32-27(30(33)35)20-23-11-5-2-6-12-23/h1-6,9-16,21,34-35H,7-8,17-20H2. The van der Waals surface area contributed by atoms with E-state index in [4.69, 9.17) is 19.8 Å². The number of hydrogen-bond acceptors (Lipinski definition) is 5. The molecule has 6 heteroatoms. The van der Waals surface area contributed by atoms with Crippen molar-refractivity contribution in [1.29, 1.82) is 0 Å². The quantitative estimate of drug-likeness (QED) is 0.261. The molecule has 0 amide bonds. The molecule has 3 aromatic carbocycles. The molecule has 0 spiro atoms. The monoisotopic (exact) mass is 479 g/mol. The first-order valence-corrected chi connectivity index (χ1v) is 12.2. The fraction of sp³-hybridized carbons (Fsp3) is 0.200. The van der Waals surface area contributed by atoms with Gasteiger partial charge in [0.15, 0.2) is 5.65 Å². The van der Waals surface area contributed by atoms with Gasteiger partial charge in [-0.3, -0.25) is 4.40 Å². The predicted octanol–water partition coefficient (Wildman–Crippen LogP) is 5.43. The molecular weight excluding hydrogens is 450 g/mol. The van der Waals surface area contributed by atoms with Crippen molar-refractivity contribution in [3.63, 3.8) is 0 Å². The summed E-state index contributed by atoms with van der Waals surface area (Å²) in [5.41, 5.74) is 5.98. The van der Waals surface area contributed by atoms with Crippen LogP contribution in [0.4, 0.5) is 0 Å². The fourth-order valence-corrected chi connectivity index (χ4v) is 4.22. The van der Waals surface area contributed by atoms with Crippen molar-refractivity contribution in [1.82, 2.24) is 14.4 Å². The molecule has 182 valence electrons. The van der Waals surface area contributed by atoms with Crippen LogP contribution in [0, 0.1) is 0 Å². The molecule has 2 aromatic heterocycles. The van der Waals surface area contributed by atoms with Crippen LogP contribution < -0.4 is 4.74 Å². The van der Waals surface area contributed by atoms with E-state index in [1.807, 2.05) is 79.0 Å². The van der Waals surface area contributed by atoms with Crippen LogP contribution in [0.25, 0.3) is 16.9 Å². The molecule has 0 bridgehead atoms. The molecule has 6 nitrogen and oxygen atoms in total. The Morgan fingerprint density at radius 3 is 2.00 bits per heavy atom. The van der Waals surface area contributed by atoms with Gasteiger partial charge in [0, 0.05) is 31.2 Å². The van der Waals surface area contributed by atoms with Crippen LogP contribution in [0.2, 0.25) is 0 Å². The van der Waals surface area contributed by atoms with E-state index in [1.54, 1.807) is 4.40 Å². The van der Waals surface area contributed by atoms with Crippen LogP contribution in [0.5, 0.6) is 11.6 Å². The zero-order valence-corrected chi connectivity index (χ0v) is 20.0. The molecule has 0 atom stereocenters. The molecule has 0 aliphatic carbocycles. The third kappa shape index (κ3) is 5.39. The minimum absolute atomic E-state index is 0.135. The molecular formula is C30H29N3O3. The minimum Gasteiger partial charge on any atom is -0.494 e. The molecule has 0 aliphatic rings. The number of aromatic hydroxyl groups is 1. The van der Waals surface area contributed by atoms with E-state index in [0.29, 0.717) is 30.8 Å². The second kappa shape index (κ2) is 11.1. The fourth-order valence-electron chi connectivity index (χ4n) is 4.22. The van der Waals surface area contributed by atoms with Crippen molar-refractivity contribution < 1.29 is 14.9 Å². The minimum atomic E-state index is 0.135. The first kappa shape index (κ1) is 23.6. The zero-order chi connectivity index (χ0) is 24.7. The second-order valence-electron chi connectivity index (χ2n) is 8.78. The summed E-state index contributed by atoms with van der Waals surface area (Å²) in [5, 5.41) is 20.1. The summed E-state index contributed by atoms with van der Waals surface area (Å²) in [7, 11) is 0. The molecule has 0 saturated carbocycles. The van der Waals surface area contributed by atoms with Gasteiger partial charge in [-0.05, 0) is 48.2 Å². The maximum absolute atomic E-state index is 11.1. The van der Waals surface area contributed by atoms with E-state index in [1.165, 1.54) is 0 Å². The summed E-state index contributed by atoms with van der Waals surface area (Å²) in [6, 6.07) is 28.0. The molecule has 0 aliphatic heterocycles. The lowest BCUT2D eigenvalue weighted by molar-refractivity contribution is 0.253. The van der Waals surface area contributed by atoms with Crippen molar-refractivity contribution >= 4 is 5.65 Å². The van der Waals surface area contributed by atoms with Crippen LogP contribution in [0.1, 0.15) is 35.4 Å². The van der Waals surface area contributed by atoms with E-state index in [0.717, 1.165) is 46.7 Å². The lowest BCUT2D eigenvalue weighted by Crippen LogP contribution is -2.01. The number of benzene rings is 3. The van der Waals surface area contributed by atoms with Gasteiger partial charge in [0.1, 0.15) is 11.4 Å². The van der Waals surface area contributed by atoms with Gasteiger partial charge in [-0.25, -0.2) is 9.97 Å². The average Bonchev–Trinajstić information content (AvgIpc) is 3.23. The highest BCUT2D eigenvalue weighted by atomic mass is 16.5. The maximum atomic E-state index is 11.1. The Morgan fingerprint density at radius 2 is 1.36 bits per heavy atom. The topological polar surface area (TPSA) is 79.9 Å². The average molecular weight is 480 g/mol. The molecule has 0 unspecified atom stereocenters. The Balaban J connectivity index is 1.51. The third-order valence-electron chi connectivity index (χ3n) is 6.12. The Morgan fingerprint density at radius 1 is 0.722 bits per heavy atom. The largest absolute Gasteiger partial charge is 0.494 e. The number of rotatable bonds is 10. The highest BCUT2D eigenvalue weighted by Crippen LogP contribution is 2.29. The summed E-state index contributed by atoms with van der Waals surface area (Å²) in [6.45, 7) is 0.744. The van der Waals surface area contributed by atoms with Crippen LogP contribution in [0.15, 0.2) is 91.1 Å². The van der Waals surface area contributed by atoms with Crippen LogP contribution in [-0.2, 0) is 12.8 Å². The molecule has 0 saturated heterocycles. The Hall–Kier alpha value is -4.16. The predicted molar refractivity (Wildman–Crippen MR) is 140 cm³/mol. The summed E-state index contributed by atoms with van der Waals surface area (Å²) >= 11 is 0. The van der Waals surface area contributed by atoms with Crippen LogP contribution in [-0.4, -0.2) is 37.8 Å². The Kier molecular flexibility index (Phi) is 7.24. The van der Waals surface area contributed by atoms with Crippen molar-refractivity contribution in [2.45, 2.75) is 25.7 Å². The number of fused-ring (bicyclic) bond motifs is 1. The smallest absolute Gasteiger partial charge is 0.219 e. The Labute approximate surface area is 210 Å². The highest BCUT2D eigenvalue weighted by molar-refractivity contribution is 5.64. The molecule has 2 N–H and O–H groups in total. The van der Waals surface area contributed by atoms with Gasteiger partial charge >= 0.3 is 0 Å². The normalized spacial score (nSPS) is 11.1. The highest BCUT2D eigenvalue weighted by Gasteiger charge is 2.18. The van der Waals surface area contributed by atoms with Gasteiger partial charge in [-0.2, -0.15) is 0 Å². The van der Waals surface area contributed by atoms with Gasteiger partial charge < -0.3 is 14.9 Å². The van der Waals surface area contributed by atoms with Crippen molar-refractivity contribution in [2.75, 3.05) is 13.2 Å². The Bertz CT molecular complexity index is 1420. The first-order valence-electron chi connectivity index (χ1n) is 12.2. The van der Waals surface area contributed by atoms with E-state index in [-0.39, 0.29) is 12.5 Å². The maximum Gasteiger partial charge on any atom is 0.219 e. The molecule has 0 radical (unpaired) electrons. The number of aliphatic hydroxyl groups excluding tert-OH is 1. The summed E-state index contributed by atoms with van der Waals surface area (Å²) in [4.78, 5) is 9.80. The molecule has 36 heavy (non-hydrogen) atoms. The van der Waals surface area contributed by atoms with Gasteiger partial charge in [0.05, 0.1) is 18.0 Å². The summed E-state index contributed by atoms with van der Waals surface area (Å²) in [6.07, 6.45) is 4.53. The van der Waals surface area contributed by atoms with Crippen molar-refractivity contribution in [3.8, 4) is 22.9 Å². The van der Waals surface area contributed by atoms with E-state index in [2.05, 4.69) is 12.1 Å². The summed E-state index contributed by atoms with van der Waals surface area (Å²) in [5.74, 6) is 0.911. The second-order valence-corrected chi connectivity index (χ2v) is 8.78. The van der Waals surface area contributed by atoms with E-state index in [9.17, 15) is 5.11 Å². The van der Waals surface area contributed by atoms with Crippen molar-refractivity contribution in [2.24, 2.45) is 0 Å². The zero-order valence-electron chi connectivity index (χ0n) is 20.0. The number of aliphatic hydroxyl groups is 1. The third-order valence-corrected chi connectivity index (χ3v) is 6.12. The molecule has 2 heterocycles. The number of imidazole rings is 1.